The maximum absolute atomic E-state index is 11.8. The molecule has 6 heteroatoms. The fourth-order valence-electron chi connectivity index (χ4n) is 2.14. The molecule has 0 fully saturated rings. The van der Waals surface area contributed by atoms with Crippen molar-refractivity contribution in [3.63, 3.8) is 0 Å². The van der Waals surface area contributed by atoms with Crippen molar-refractivity contribution in [2.45, 2.75) is 6.42 Å². The molecule has 0 saturated heterocycles. The van der Waals surface area contributed by atoms with Crippen molar-refractivity contribution < 1.29 is 28.5 Å². The van der Waals surface area contributed by atoms with Crippen LogP contribution in [0.1, 0.15) is 27.1 Å². The number of carbonyl (C=O) groups is 2. The number of ether oxygens (including phenoxy) is 4. The van der Waals surface area contributed by atoms with Gasteiger partial charge in [0.15, 0.2) is 0 Å². The molecule has 0 radical (unpaired) electrons. The molecule has 6 nitrogen and oxygen atoms in total. The minimum Gasteiger partial charge on any atom is -0.493 e. The molecule has 0 aliphatic rings. The first kappa shape index (κ1) is 18.3. The third-order valence-corrected chi connectivity index (χ3v) is 3.37. The van der Waals surface area contributed by atoms with Gasteiger partial charge in [0, 0.05) is 6.42 Å². The molecule has 25 heavy (non-hydrogen) atoms. The van der Waals surface area contributed by atoms with Crippen molar-refractivity contribution >= 4 is 11.9 Å². The summed E-state index contributed by atoms with van der Waals surface area (Å²) in [5.41, 5.74) is 0.237. The van der Waals surface area contributed by atoms with Gasteiger partial charge in [0.2, 0.25) is 0 Å². The van der Waals surface area contributed by atoms with Gasteiger partial charge in [-0.2, -0.15) is 0 Å². The van der Waals surface area contributed by atoms with E-state index in [2.05, 4.69) is 4.74 Å². The Balaban J connectivity index is 1.91. The van der Waals surface area contributed by atoms with Crippen LogP contribution in [0, 0.1) is 0 Å². The summed E-state index contributed by atoms with van der Waals surface area (Å²) in [6.45, 7) is 0.916. The second-order valence-electron chi connectivity index (χ2n) is 5.05. The maximum atomic E-state index is 11.8. The highest BCUT2D eigenvalue weighted by molar-refractivity contribution is 6.03. The van der Waals surface area contributed by atoms with E-state index >= 15 is 0 Å². The molecular weight excluding hydrogens is 324 g/mol. The number of hydrogen-bond donors (Lipinski definition) is 0. The minimum absolute atomic E-state index is 0.104. The van der Waals surface area contributed by atoms with E-state index in [1.54, 1.807) is 6.07 Å². The van der Waals surface area contributed by atoms with Gasteiger partial charge in [-0.05, 0) is 30.3 Å². The van der Waals surface area contributed by atoms with Gasteiger partial charge in [-0.15, -0.1) is 0 Å². The Labute approximate surface area is 146 Å². The SMILES string of the molecule is COC(=O)c1ccc(OCCCOc2ccccc2)cc1C(=O)OC. The van der Waals surface area contributed by atoms with Crippen LogP contribution in [0.2, 0.25) is 0 Å². The smallest absolute Gasteiger partial charge is 0.338 e. The quantitative estimate of drug-likeness (QED) is 0.541. The summed E-state index contributed by atoms with van der Waals surface area (Å²) in [4.78, 5) is 23.5. The van der Waals surface area contributed by atoms with E-state index in [9.17, 15) is 9.59 Å². The number of carbonyl (C=O) groups excluding carboxylic acids is 2. The molecule has 0 atom stereocenters. The summed E-state index contributed by atoms with van der Waals surface area (Å²) in [6, 6.07) is 14.1. The van der Waals surface area contributed by atoms with Crippen molar-refractivity contribution in [1.29, 1.82) is 0 Å². The predicted octanol–water partition coefficient (Wildman–Crippen LogP) is 3.11. The lowest BCUT2D eigenvalue weighted by Gasteiger charge is -2.11. The minimum atomic E-state index is -0.627. The Morgan fingerprint density at radius 2 is 1.36 bits per heavy atom. The molecule has 0 aromatic heterocycles. The highest BCUT2D eigenvalue weighted by Crippen LogP contribution is 2.20. The highest BCUT2D eigenvalue weighted by atomic mass is 16.5. The van der Waals surface area contributed by atoms with Crippen LogP contribution >= 0.6 is 0 Å². The van der Waals surface area contributed by atoms with E-state index in [1.807, 2.05) is 30.3 Å². The number of methoxy groups -OCH3 is 2. The molecule has 132 valence electrons. The summed E-state index contributed by atoms with van der Waals surface area (Å²) in [5, 5.41) is 0. The predicted molar refractivity (Wildman–Crippen MR) is 91.2 cm³/mol. The monoisotopic (exact) mass is 344 g/mol. The normalized spacial score (nSPS) is 10.0. The zero-order chi connectivity index (χ0) is 18.1. The van der Waals surface area contributed by atoms with Gasteiger partial charge in [-0.3, -0.25) is 0 Å². The van der Waals surface area contributed by atoms with E-state index in [0.29, 0.717) is 25.4 Å². The van der Waals surface area contributed by atoms with Gasteiger partial charge in [0.05, 0.1) is 38.6 Å². The number of esters is 2. The molecular formula is C19H20O6. The summed E-state index contributed by atoms with van der Waals surface area (Å²) in [5.74, 6) is 0.0344. The average Bonchev–Trinajstić information content (AvgIpc) is 2.67. The van der Waals surface area contributed by atoms with E-state index in [1.165, 1.54) is 26.4 Å². The third-order valence-electron chi connectivity index (χ3n) is 3.37. The topological polar surface area (TPSA) is 71.1 Å². The van der Waals surface area contributed by atoms with E-state index < -0.39 is 11.9 Å². The van der Waals surface area contributed by atoms with Crippen LogP contribution in [0.3, 0.4) is 0 Å². The number of para-hydroxylation sites is 1. The summed E-state index contributed by atoms with van der Waals surface area (Å²) in [6.07, 6.45) is 0.668. The van der Waals surface area contributed by atoms with Crippen LogP contribution in [-0.2, 0) is 9.47 Å². The Kier molecular flexibility index (Phi) is 6.83. The van der Waals surface area contributed by atoms with Gasteiger partial charge < -0.3 is 18.9 Å². The molecule has 0 amide bonds. The second kappa shape index (κ2) is 9.32. The maximum Gasteiger partial charge on any atom is 0.338 e. The molecule has 0 saturated carbocycles. The third kappa shape index (κ3) is 5.24. The zero-order valence-electron chi connectivity index (χ0n) is 14.2. The van der Waals surface area contributed by atoms with Crippen molar-refractivity contribution in [2.75, 3.05) is 27.4 Å². The second-order valence-corrected chi connectivity index (χ2v) is 5.05. The molecule has 2 rings (SSSR count). The molecule has 0 unspecified atom stereocenters. The first-order valence-corrected chi connectivity index (χ1v) is 7.77. The van der Waals surface area contributed by atoms with E-state index in [-0.39, 0.29) is 11.1 Å². The molecule has 2 aromatic rings. The van der Waals surface area contributed by atoms with Gasteiger partial charge >= 0.3 is 11.9 Å². The van der Waals surface area contributed by atoms with E-state index in [0.717, 1.165) is 5.75 Å². The summed E-state index contributed by atoms with van der Waals surface area (Å²) < 4.78 is 20.5. The number of rotatable bonds is 8. The summed E-state index contributed by atoms with van der Waals surface area (Å²) >= 11 is 0. The first-order valence-electron chi connectivity index (χ1n) is 7.77. The first-order chi connectivity index (χ1) is 12.2. The lowest BCUT2D eigenvalue weighted by atomic mass is 10.1. The zero-order valence-corrected chi connectivity index (χ0v) is 14.2. The van der Waals surface area contributed by atoms with Crippen LogP contribution in [0.25, 0.3) is 0 Å². The highest BCUT2D eigenvalue weighted by Gasteiger charge is 2.19. The molecule has 2 aromatic carbocycles. The lowest BCUT2D eigenvalue weighted by molar-refractivity contribution is 0.0555. The fourth-order valence-corrected chi connectivity index (χ4v) is 2.14. The van der Waals surface area contributed by atoms with Crippen molar-refractivity contribution in [2.24, 2.45) is 0 Å². The van der Waals surface area contributed by atoms with Gasteiger partial charge in [-0.25, -0.2) is 9.59 Å². The Bertz CT molecular complexity index is 711. The van der Waals surface area contributed by atoms with Crippen molar-refractivity contribution in [3.8, 4) is 11.5 Å². The van der Waals surface area contributed by atoms with Gasteiger partial charge in [0.1, 0.15) is 11.5 Å². The Hall–Kier alpha value is -3.02. The molecule has 0 heterocycles. The molecule has 0 aliphatic carbocycles. The van der Waals surface area contributed by atoms with Crippen LogP contribution < -0.4 is 9.47 Å². The average molecular weight is 344 g/mol. The fraction of sp³-hybridized carbons (Fsp3) is 0.263. The lowest BCUT2D eigenvalue weighted by Crippen LogP contribution is -2.12. The molecule has 0 aliphatic heterocycles. The van der Waals surface area contributed by atoms with Gasteiger partial charge in [-0.1, -0.05) is 18.2 Å². The van der Waals surface area contributed by atoms with Crippen LogP contribution in [-0.4, -0.2) is 39.4 Å². The van der Waals surface area contributed by atoms with E-state index in [4.69, 9.17) is 14.2 Å². The molecule has 0 bridgehead atoms. The number of hydrogen-bond acceptors (Lipinski definition) is 6. The summed E-state index contributed by atoms with van der Waals surface area (Å²) in [7, 11) is 2.50. The molecule has 0 spiro atoms. The van der Waals surface area contributed by atoms with Crippen LogP contribution in [0.5, 0.6) is 11.5 Å². The standard InChI is InChI=1S/C19H20O6/c1-22-18(20)16-10-9-15(13-17(16)19(21)23-2)25-12-6-11-24-14-7-4-3-5-8-14/h3-5,7-10,13H,6,11-12H2,1-2H3. The largest absolute Gasteiger partial charge is 0.493 e. The van der Waals surface area contributed by atoms with Crippen LogP contribution in [0.15, 0.2) is 48.5 Å². The van der Waals surface area contributed by atoms with Crippen molar-refractivity contribution in [1.82, 2.24) is 0 Å². The Morgan fingerprint density at radius 3 is 2.00 bits per heavy atom. The Morgan fingerprint density at radius 1 is 0.760 bits per heavy atom. The van der Waals surface area contributed by atoms with Gasteiger partial charge in [0.25, 0.3) is 0 Å². The number of benzene rings is 2. The van der Waals surface area contributed by atoms with Crippen LogP contribution in [0.4, 0.5) is 0 Å². The molecule has 0 N–H and O–H groups in total. The van der Waals surface area contributed by atoms with Crippen molar-refractivity contribution in [3.05, 3.63) is 59.7 Å².